The Bertz CT molecular complexity index is 573. The number of benzene rings is 1. The first kappa shape index (κ1) is 13.0. The Morgan fingerprint density at radius 3 is 2.67 bits per heavy atom. The summed E-state index contributed by atoms with van der Waals surface area (Å²) >= 11 is 0. The second-order valence-electron chi connectivity index (χ2n) is 4.09. The first-order valence-corrected chi connectivity index (χ1v) is 7.25. The average molecular weight is 272 g/mol. The zero-order valence-corrected chi connectivity index (χ0v) is 10.6. The van der Waals surface area contributed by atoms with E-state index in [1.54, 1.807) is 6.07 Å². The van der Waals surface area contributed by atoms with Crippen molar-refractivity contribution in [2.75, 3.05) is 19.3 Å². The van der Waals surface area contributed by atoms with Crippen molar-refractivity contribution in [2.24, 2.45) is 0 Å². The van der Waals surface area contributed by atoms with Crippen molar-refractivity contribution >= 4 is 15.9 Å². The van der Waals surface area contributed by atoms with Crippen LogP contribution in [0.4, 0.5) is 4.39 Å². The van der Waals surface area contributed by atoms with Gasteiger partial charge in [-0.15, -0.1) is 0 Å². The number of carbonyl (C=O) groups is 1. The van der Waals surface area contributed by atoms with Gasteiger partial charge in [0.2, 0.25) is 15.9 Å². The Morgan fingerprint density at radius 2 is 2.06 bits per heavy atom. The van der Waals surface area contributed by atoms with Gasteiger partial charge in [0.15, 0.2) is 0 Å². The van der Waals surface area contributed by atoms with Crippen LogP contribution in [0.1, 0.15) is 11.6 Å². The third-order valence-electron chi connectivity index (χ3n) is 2.79. The van der Waals surface area contributed by atoms with E-state index in [2.05, 4.69) is 5.32 Å². The van der Waals surface area contributed by atoms with Gasteiger partial charge in [-0.2, -0.15) is 4.31 Å². The summed E-state index contributed by atoms with van der Waals surface area (Å²) in [6, 6.07) is 4.56. The van der Waals surface area contributed by atoms with Crippen molar-refractivity contribution in [1.29, 1.82) is 0 Å². The lowest BCUT2D eigenvalue weighted by atomic mass is 10.0. The molecule has 1 aromatic carbocycles. The van der Waals surface area contributed by atoms with Crippen LogP contribution in [0.3, 0.4) is 0 Å². The highest BCUT2D eigenvalue weighted by Gasteiger charge is 2.37. The number of halogens is 1. The summed E-state index contributed by atoms with van der Waals surface area (Å²) in [6.45, 7) is 0.375. The molecule has 1 aromatic rings. The highest BCUT2D eigenvalue weighted by Crippen LogP contribution is 2.27. The smallest absolute Gasteiger partial charge is 0.243 e. The number of hydrogen-bond acceptors (Lipinski definition) is 3. The van der Waals surface area contributed by atoms with Gasteiger partial charge in [-0.05, 0) is 6.07 Å². The summed E-state index contributed by atoms with van der Waals surface area (Å²) < 4.78 is 38.0. The summed E-state index contributed by atoms with van der Waals surface area (Å²) in [5.41, 5.74) is 0.0696. The molecule has 7 heteroatoms. The standard InChI is InChI=1S/C11H13FN2O3S/c1-18(16,17)14-7-6-13-11(15)10(14)8-4-2-3-5-9(8)12/h2-5,10H,6-7H2,1H3,(H,13,15). The lowest BCUT2D eigenvalue weighted by molar-refractivity contribution is -0.127. The number of nitrogens with one attached hydrogen (secondary N) is 1. The van der Waals surface area contributed by atoms with E-state index in [1.807, 2.05) is 0 Å². The predicted molar refractivity (Wildman–Crippen MR) is 63.7 cm³/mol. The van der Waals surface area contributed by atoms with Crippen LogP contribution in [-0.2, 0) is 14.8 Å². The molecule has 1 aliphatic heterocycles. The van der Waals surface area contributed by atoms with Crippen molar-refractivity contribution in [2.45, 2.75) is 6.04 Å². The molecule has 0 radical (unpaired) electrons. The molecule has 0 saturated carbocycles. The second-order valence-corrected chi connectivity index (χ2v) is 6.02. The molecule has 1 unspecified atom stereocenters. The normalized spacial score (nSPS) is 21.7. The summed E-state index contributed by atoms with van der Waals surface area (Å²) in [7, 11) is -3.57. The fraction of sp³-hybridized carbons (Fsp3) is 0.364. The first-order valence-electron chi connectivity index (χ1n) is 5.40. The van der Waals surface area contributed by atoms with Crippen LogP contribution < -0.4 is 5.32 Å². The first-order chi connectivity index (χ1) is 8.41. The Kier molecular flexibility index (Phi) is 3.36. The molecule has 0 spiro atoms. The van der Waals surface area contributed by atoms with Crippen LogP contribution >= 0.6 is 0 Å². The molecule has 1 aliphatic rings. The van der Waals surface area contributed by atoms with Gasteiger partial charge in [0.1, 0.15) is 11.9 Å². The third kappa shape index (κ3) is 2.37. The van der Waals surface area contributed by atoms with Gasteiger partial charge in [0, 0.05) is 18.7 Å². The van der Waals surface area contributed by atoms with Crippen molar-refractivity contribution in [3.63, 3.8) is 0 Å². The molecule has 1 amide bonds. The van der Waals surface area contributed by atoms with Crippen LogP contribution in [0.25, 0.3) is 0 Å². The molecule has 2 rings (SSSR count). The monoisotopic (exact) mass is 272 g/mol. The van der Waals surface area contributed by atoms with E-state index in [0.29, 0.717) is 0 Å². The van der Waals surface area contributed by atoms with Crippen LogP contribution in [0.2, 0.25) is 0 Å². The number of sulfonamides is 1. The van der Waals surface area contributed by atoms with Gasteiger partial charge < -0.3 is 5.32 Å². The van der Waals surface area contributed by atoms with E-state index in [9.17, 15) is 17.6 Å². The summed E-state index contributed by atoms with van der Waals surface area (Å²) in [5.74, 6) is -1.09. The Hall–Kier alpha value is -1.47. The number of piperazine rings is 1. The molecule has 98 valence electrons. The molecule has 1 N–H and O–H groups in total. The van der Waals surface area contributed by atoms with Gasteiger partial charge in [-0.25, -0.2) is 12.8 Å². The summed E-state index contributed by atoms with van der Waals surface area (Å²) in [4.78, 5) is 11.8. The number of amides is 1. The average Bonchev–Trinajstić information content (AvgIpc) is 2.29. The maximum absolute atomic E-state index is 13.7. The third-order valence-corrected chi connectivity index (χ3v) is 4.04. The Labute approximate surface area is 105 Å². The highest BCUT2D eigenvalue weighted by atomic mass is 32.2. The Balaban J connectivity index is 2.50. The maximum Gasteiger partial charge on any atom is 0.243 e. The highest BCUT2D eigenvalue weighted by molar-refractivity contribution is 7.88. The number of hydrogen-bond donors (Lipinski definition) is 1. The molecular formula is C11H13FN2O3S. The number of carbonyl (C=O) groups excluding carboxylic acids is 1. The largest absolute Gasteiger partial charge is 0.353 e. The van der Waals surface area contributed by atoms with Gasteiger partial charge in [0.25, 0.3) is 0 Å². The number of nitrogens with zero attached hydrogens (tertiary/aromatic N) is 1. The van der Waals surface area contributed by atoms with E-state index in [0.717, 1.165) is 10.6 Å². The minimum atomic E-state index is -3.57. The lowest BCUT2D eigenvalue weighted by Crippen LogP contribution is -2.52. The predicted octanol–water partition coefficient (Wildman–Crippen LogP) is 0.258. The summed E-state index contributed by atoms with van der Waals surface area (Å²) in [5, 5.41) is 2.55. The van der Waals surface area contributed by atoms with Gasteiger partial charge in [-0.3, -0.25) is 4.79 Å². The molecule has 0 aromatic heterocycles. The van der Waals surface area contributed by atoms with Gasteiger partial charge in [0.05, 0.1) is 6.26 Å². The van der Waals surface area contributed by atoms with Crippen LogP contribution in [0.5, 0.6) is 0 Å². The van der Waals surface area contributed by atoms with Crippen molar-refractivity contribution < 1.29 is 17.6 Å². The quantitative estimate of drug-likeness (QED) is 0.839. The van der Waals surface area contributed by atoms with E-state index in [4.69, 9.17) is 0 Å². The van der Waals surface area contributed by atoms with E-state index >= 15 is 0 Å². The molecule has 0 bridgehead atoms. The zero-order chi connectivity index (χ0) is 13.3. The van der Waals surface area contributed by atoms with Crippen LogP contribution in [0, 0.1) is 5.82 Å². The van der Waals surface area contributed by atoms with Crippen LogP contribution in [-0.4, -0.2) is 38.0 Å². The summed E-state index contributed by atoms with van der Waals surface area (Å²) in [6.07, 6.45) is 1.01. The second kappa shape index (κ2) is 4.66. The molecule has 0 aliphatic carbocycles. The SMILES string of the molecule is CS(=O)(=O)N1CCNC(=O)C1c1ccccc1F. The maximum atomic E-state index is 13.7. The lowest BCUT2D eigenvalue weighted by Gasteiger charge is -2.33. The molecule has 1 atom stereocenters. The minimum Gasteiger partial charge on any atom is -0.353 e. The van der Waals surface area contributed by atoms with Gasteiger partial charge in [-0.1, -0.05) is 18.2 Å². The molecule has 1 saturated heterocycles. The molecule has 1 fully saturated rings. The van der Waals surface area contributed by atoms with Gasteiger partial charge >= 0.3 is 0 Å². The zero-order valence-electron chi connectivity index (χ0n) is 9.76. The van der Waals surface area contributed by atoms with Crippen molar-refractivity contribution in [3.05, 3.63) is 35.6 Å². The Morgan fingerprint density at radius 1 is 1.39 bits per heavy atom. The van der Waals surface area contributed by atoms with E-state index < -0.39 is 27.8 Å². The molecule has 1 heterocycles. The molecular weight excluding hydrogens is 259 g/mol. The van der Waals surface area contributed by atoms with E-state index in [1.165, 1.54) is 18.2 Å². The van der Waals surface area contributed by atoms with Crippen molar-refractivity contribution in [1.82, 2.24) is 9.62 Å². The minimum absolute atomic E-state index is 0.0696. The molecule has 5 nitrogen and oxygen atoms in total. The topological polar surface area (TPSA) is 66.5 Å². The molecule has 18 heavy (non-hydrogen) atoms. The number of rotatable bonds is 2. The fourth-order valence-electron chi connectivity index (χ4n) is 2.00. The van der Waals surface area contributed by atoms with Crippen LogP contribution in [0.15, 0.2) is 24.3 Å². The van der Waals surface area contributed by atoms with Crippen molar-refractivity contribution in [3.8, 4) is 0 Å². The van der Waals surface area contributed by atoms with E-state index in [-0.39, 0.29) is 18.7 Å². The fourth-order valence-corrected chi connectivity index (χ4v) is 3.01.